The maximum atomic E-state index is 13.1. The van der Waals surface area contributed by atoms with Gasteiger partial charge in [-0.15, -0.1) is 0 Å². The number of ether oxygens (including phenoxy) is 1. The monoisotopic (exact) mass is 390 g/mol. The number of hydrogen-bond acceptors (Lipinski definition) is 3. The first-order valence-corrected chi connectivity index (χ1v) is 8.52. The highest BCUT2D eigenvalue weighted by Gasteiger charge is 2.07. The smallest absolute Gasteiger partial charge is 0.176 e. The van der Waals surface area contributed by atoms with Gasteiger partial charge in [-0.3, -0.25) is 4.68 Å². The molecule has 1 heterocycles. The molecule has 2 N–H and O–H groups in total. The molecule has 0 fully saturated rings. The Balaban J connectivity index is 1.63. The van der Waals surface area contributed by atoms with Gasteiger partial charge in [0.15, 0.2) is 10.9 Å². The highest BCUT2D eigenvalue weighted by atomic mass is 35.5. The van der Waals surface area contributed by atoms with Crippen molar-refractivity contribution in [3.63, 3.8) is 0 Å². The molecular weight excluding hydrogens is 375 g/mol. The minimum Gasteiger partial charge on any atom is -0.495 e. The van der Waals surface area contributed by atoms with E-state index in [1.54, 1.807) is 30.1 Å². The van der Waals surface area contributed by atoms with Gasteiger partial charge in [-0.2, -0.15) is 5.10 Å². The average Bonchev–Trinajstić information content (AvgIpc) is 3.04. The molecule has 26 heavy (non-hydrogen) atoms. The van der Waals surface area contributed by atoms with Gasteiger partial charge < -0.3 is 15.4 Å². The first-order valence-electron chi connectivity index (χ1n) is 7.73. The zero-order valence-electron chi connectivity index (χ0n) is 13.9. The third kappa shape index (κ3) is 4.50. The summed E-state index contributed by atoms with van der Waals surface area (Å²) in [6.07, 6.45) is 1.79. The van der Waals surface area contributed by atoms with Crippen molar-refractivity contribution >= 4 is 40.4 Å². The molecule has 134 valence electrons. The Morgan fingerprint density at radius 2 is 2.04 bits per heavy atom. The fourth-order valence-corrected chi connectivity index (χ4v) is 2.80. The molecule has 2 aromatic carbocycles. The van der Waals surface area contributed by atoms with Crippen LogP contribution in [0.25, 0.3) is 0 Å². The second-order valence-corrected chi connectivity index (χ2v) is 6.23. The first-order chi connectivity index (χ1) is 12.5. The number of halogens is 2. The van der Waals surface area contributed by atoms with Crippen molar-refractivity contribution < 1.29 is 9.13 Å². The second-order valence-electron chi connectivity index (χ2n) is 5.41. The minimum atomic E-state index is -0.366. The summed E-state index contributed by atoms with van der Waals surface area (Å²) in [5.74, 6) is 0.901. The van der Waals surface area contributed by atoms with Crippen LogP contribution in [0.15, 0.2) is 54.7 Å². The normalized spacial score (nSPS) is 10.4. The van der Waals surface area contributed by atoms with Gasteiger partial charge >= 0.3 is 0 Å². The van der Waals surface area contributed by atoms with Gasteiger partial charge in [-0.25, -0.2) is 4.39 Å². The molecule has 1 aromatic heterocycles. The van der Waals surface area contributed by atoms with Crippen molar-refractivity contribution in [1.29, 1.82) is 0 Å². The number of aromatic nitrogens is 2. The predicted molar refractivity (Wildman–Crippen MR) is 106 cm³/mol. The summed E-state index contributed by atoms with van der Waals surface area (Å²) in [6, 6.07) is 13.5. The lowest BCUT2D eigenvalue weighted by Crippen LogP contribution is -2.20. The third-order valence-corrected chi connectivity index (χ3v) is 4.14. The number of anilines is 2. The maximum Gasteiger partial charge on any atom is 0.176 e. The van der Waals surface area contributed by atoms with Crippen molar-refractivity contribution in [1.82, 2.24) is 9.78 Å². The number of thiocarbonyl (C=S) groups is 1. The van der Waals surface area contributed by atoms with E-state index in [2.05, 4.69) is 15.7 Å². The number of para-hydroxylation sites is 2. The lowest BCUT2D eigenvalue weighted by atomic mass is 10.2. The molecule has 0 unspecified atom stereocenters. The number of nitrogens with one attached hydrogen (secondary N) is 2. The van der Waals surface area contributed by atoms with Gasteiger partial charge in [0.05, 0.1) is 19.3 Å². The Kier molecular flexibility index (Phi) is 5.70. The Bertz CT molecular complexity index is 931. The van der Waals surface area contributed by atoms with E-state index in [0.29, 0.717) is 28.2 Å². The quantitative estimate of drug-likeness (QED) is 0.626. The summed E-state index contributed by atoms with van der Waals surface area (Å²) in [5.41, 5.74) is 1.53. The molecule has 5 nitrogen and oxygen atoms in total. The zero-order valence-corrected chi connectivity index (χ0v) is 15.4. The Hall–Kier alpha value is -2.64. The molecule has 0 atom stereocenters. The summed E-state index contributed by atoms with van der Waals surface area (Å²) in [5, 5.41) is 11.2. The maximum absolute atomic E-state index is 13.1. The molecule has 0 radical (unpaired) electrons. The molecule has 0 saturated heterocycles. The molecule has 0 spiro atoms. The standard InChI is InChI=1S/C18H16ClFN4OS/c1-25-16-5-3-2-4-15(16)21-18(26)22-17-8-9-24(23-17)11-12-6-7-13(20)10-14(12)19/h2-10H,11H2,1H3,(H2,21,22,23,26). The van der Waals surface area contributed by atoms with E-state index in [9.17, 15) is 4.39 Å². The highest BCUT2D eigenvalue weighted by Crippen LogP contribution is 2.23. The van der Waals surface area contributed by atoms with Crippen molar-refractivity contribution in [2.24, 2.45) is 0 Å². The van der Waals surface area contributed by atoms with E-state index < -0.39 is 0 Å². The van der Waals surface area contributed by atoms with E-state index in [1.165, 1.54) is 12.1 Å². The van der Waals surface area contributed by atoms with Gasteiger partial charge in [0.25, 0.3) is 0 Å². The Morgan fingerprint density at radius 1 is 1.23 bits per heavy atom. The molecule has 0 saturated carbocycles. The highest BCUT2D eigenvalue weighted by molar-refractivity contribution is 7.80. The molecule has 0 bridgehead atoms. The summed E-state index contributed by atoms with van der Waals surface area (Å²) in [6.45, 7) is 0.424. The van der Waals surface area contributed by atoms with E-state index in [4.69, 9.17) is 28.6 Å². The lowest BCUT2D eigenvalue weighted by molar-refractivity contribution is 0.417. The summed E-state index contributed by atoms with van der Waals surface area (Å²) >= 11 is 11.4. The minimum absolute atomic E-state index is 0.364. The van der Waals surface area contributed by atoms with E-state index in [0.717, 1.165) is 11.3 Å². The molecule has 3 rings (SSSR count). The van der Waals surface area contributed by atoms with E-state index in [-0.39, 0.29) is 5.82 Å². The van der Waals surface area contributed by atoms with Crippen LogP contribution in [-0.2, 0) is 6.54 Å². The number of hydrogen-bond donors (Lipinski definition) is 2. The van der Waals surface area contributed by atoms with Crippen LogP contribution in [-0.4, -0.2) is 22.0 Å². The summed E-state index contributed by atoms with van der Waals surface area (Å²) < 4.78 is 20.1. The lowest BCUT2D eigenvalue weighted by Gasteiger charge is -2.12. The van der Waals surface area contributed by atoms with Crippen molar-refractivity contribution in [2.45, 2.75) is 6.54 Å². The molecule has 0 aliphatic heterocycles. The largest absolute Gasteiger partial charge is 0.495 e. The van der Waals surface area contributed by atoms with Crippen molar-refractivity contribution in [3.8, 4) is 5.75 Å². The zero-order chi connectivity index (χ0) is 18.5. The number of benzene rings is 2. The van der Waals surface area contributed by atoms with Crippen molar-refractivity contribution in [3.05, 3.63) is 71.1 Å². The fourth-order valence-electron chi connectivity index (χ4n) is 2.36. The molecule has 0 aliphatic carbocycles. The van der Waals surface area contributed by atoms with Crippen LogP contribution in [0.5, 0.6) is 5.75 Å². The third-order valence-electron chi connectivity index (χ3n) is 3.58. The topological polar surface area (TPSA) is 51.1 Å². The predicted octanol–water partition coefficient (Wildman–Crippen LogP) is 4.54. The fraction of sp³-hybridized carbons (Fsp3) is 0.111. The number of nitrogens with zero attached hydrogens (tertiary/aromatic N) is 2. The number of rotatable bonds is 5. The van der Waals surface area contributed by atoms with Gasteiger partial charge in [-0.1, -0.05) is 29.8 Å². The Morgan fingerprint density at radius 3 is 2.81 bits per heavy atom. The van der Waals surface area contributed by atoms with Crippen LogP contribution < -0.4 is 15.4 Å². The second kappa shape index (κ2) is 8.16. The van der Waals surface area contributed by atoms with Crippen LogP contribution in [0.2, 0.25) is 5.02 Å². The SMILES string of the molecule is COc1ccccc1NC(=S)Nc1ccn(Cc2ccc(F)cc2Cl)n1. The summed E-state index contributed by atoms with van der Waals surface area (Å²) in [4.78, 5) is 0. The summed E-state index contributed by atoms with van der Waals surface area (Å²) in [7, 11) is 1.60. The number of methoxy groups -OCH3 is 1. The van der Waals surface area contributed by atoms with Gasteiger partial charge in [0.2, 0.25) is 0 Å². The van der Waals surface area contributed by atoms with Crippen LogP contribution in [0.3, 0.4) is 0 Å². The first kappa shape index (κ1) is 18.2. The molecular formula is C18H16ClFN4OS. The molecule has 3 aromatic rings. The van der Waals surface area contributed by atoms with Gasteiger partial charge in [0, 0.05) is 17.3 Å². The molecule has 0 aliphatic rings. The molecule has 8 heteroatoms. The molecule has 0 amide bonds. The van der Waals surface area contributed by atoms with Gasteiger partial charge in [-0.05, 0) is 42.0 Å². The van der Waals surface area contributed by atoms with Crippen LogP contribution in [0.4, 0.5) is 15.9 Å². The average molecular weight is 391 g/mol. The van der Waals surface area contributed by atoms with Crippen LogP contribution >= 0.6 is 23.8 Å². The van der Waals surface area contributed by atoms with E-state index in [1.807, 2.05) is 24.3 Å². The van der Waals surface area contributed by atoms with Crippen LogP contribution in [0.1, 0.15) is 5.56 Å². The Labute approximate surface area is 160 Å². The van der Waals surface area contributed by atoms with Crippen LogP contribution in [0, 0.1) is 5.82 Å². The van der Waals surface area contributed by atoms with Gasteiger partial charge in [0.1, 0.15) is 11.6 Å². The van der Waals surface area contributed by atoms with Crippen molar-refractivity contribution in [2.75, 3.05) is 17.7 Å². The van der Waals surface area contributed by atoms with E-state index >= 15 is 0 Å².